The van der Waals surface area contributed by atoms with Crippen molar-refractivity contribution < 1.29 is 23.9 Å². The zero-order valence-corrected chi connectivity index (χ0v) is 17.8. The third kappa shape index (κ3) is 4.04. The van der Waals surface area contributed by atoms with Crippen LogP contribution in [0.1, 0.15) is 27.0 Å². The molecule has 0 unspecified atom stereocenters. The van der Waals surface area contributed by atoms with Crippen molar-refractivity contribution in [2.45, 2.75) is 13.1 Å². The summed E-state index contributed by atoms with van der Waals surface area (Å²) in [6.45, 7) is 1.67. The van der Waals surface area contributed by atoms with Crippen molar-refractivity contribution >= 4 is 17.5 Å². The van der Waals surface area contributed by atoms with Crippen molar-refractivity contribution in [1.29, 1.82) is 0 Å². The maximum absolute atomic E-state index is 12.9. The average Bonchev–Trinajstić information content (AvgIpc) is 3.15. The summed E-state index contributed by atoms with van der Waals surface area (Å²) in [6.07, 6.45) is 1.59. The molecule has 0 aliphatic carbocycles. The molecular weight excluding hydrogens is 424 g/mol. The molecule has 0 spiro atoms. The van der Waals surface area contributed by atoms with E-state index < -0.39 is 4.92 Å². The van der Waals surface area contributed by atoms with Crippen LogP contribution in [0.3, 0.4) is 0 Å². The van der Waals surface area contributed by atoms with Gasteiger partial charge in [0.2, 0.25) is 5.78 Å². The highest BCUT2D eigenvalue weighted by molar-refractivity contribution is 6.15. The highest BCUT2D eigenvalue weighted by atomic mass is 16.6. The highest BCUT2D eigenvalue weighted by Crippen LogP contribution is 2.42. The molecule has 2 heterocycles. The van der Waals surface area contributed by atoms with Crippen LogP contribution in [0.25, 0.3) is 6.08 Å². The Morgan fingerprint density at radius 2 is 1.85 bits per heavy atom. The number of nitro benzene ring substituents is 1. The summed E-state index contributed by atoms with van der Waals surface area (Å²) < 4.78 is 17.1. The number of ether oxygens (including phenoxy) is 3. The molecule has 8 nitrogen and oxygen atoms in total. The Morgan fingerprint density at radius 1 is 1.09 bits per heavy atom. The first-order chi connectivity index (χ1) is 16.0. The standard InChI is InChI=1S/C25H20N2O6/c1-31-19-8-4-17(5-9-19)13-26-14-21-22(32-15-26)11-10-20-24(28)23(33-25(20)21)12-16-2-6-18(7-3-16)27(29)30/h2-12H,13-15H2,1H3/b23-12-. The number of ketones is 1. The average molecular weight is 444 g/mol. The van der Waals surface area contributed by atoms with Crippen LogP contribution in [-0.4, -0.2) is 29.4 Å². The molecule has 0 aromatic heterocycles. The van der Waals surface area contributed by atoms with Crippen LogP contribution in [0.5, 0.6) is 17.2 Å². The molecule has 0 fully saturated rings. The van der Waals surface area contributed by atoms with Gasteiger partial charge in [-0.05, 0) is 53.6 Å². The van der Waals surface area contributed by atoms with Gasteiger partial charge in [0, 0.05) is 25.2 Å². The van der Waals surface area contributed by atoms with E-state index in [1.165, 1.54) is 12.1 Å². The van der Waals surface area contributed by atoms with Gasteiger partial charge in [-0.2, -0.15) is 0 Å². The molecule has 3 aromatic rings. The minimum atomic E-state index is -0.464. The maximum Gasteiger partial charge on any atom is 0.269 e. The number of rotatable bonds is 5. The van der Waals surface area contributed by atoms with E-state index in [0.29, 0.717) is 42.4 Å². The fraction of sp³-hybridized carbons (Fsp3) is 0.160. The number of fused-ring (bicyclic) bond motifs is 3. The van der Waals surface area contributed by atoms with E-state index in [0.717, 1.165) is 16.9 Å². The first kappa shape index (κ1) is 20.7. The van der Waals surface area contributed by atoms with Crippen LogP contribution in [0, 0.1) is 10.1 Å². The molecule has 0 N–H and O–H groups in total. The number of allylic oxidation sites excluding steroid dienone is 1. The van der Waals surface area contributed by atoms with Gasteiger partial charge in [-0.15, -0.1) is 0 Å². The van der Waals surface area contributed by atoms with E-state index in [-0.39, 0.29) is 17.2 Å². The summed E-state index contributed by atoms with van der Waals surface area (Å²) in [5, 5.41) is 10.9. The predicted octanol–water partition coefficient (Wildman–Crippen LogP) is 4.57. The van der Waals surface area contributed by atoms with Crippen molar-refractivity contribution in [3.05, 3.63) is 98.8 Å². The number of hydrogen-bond acceptors (Lipinski definition) is 7. The largest absolute Gasteiger partial charge is 0.497 e. The Bertz CT molecular complexity index is 1270. The van der Waals surface area contributed by atoms with Crippen molar-refractivity contribution in [1.82, 2.24) is 4.90 Å². The van der Waals surface area contributed by atoms with Gasteiger partial charge in [0.1, 0.15) is 24.0 Å². The van der Waals surface area contributed by atoms with Gasteiger partial charge >= 0.3 is 0 Å². The second-order valence-electron chi connectivity index (χ2n) is 7.82. The third-order valence-electron chi connectivity index (χ3n) is 5.65. The van der Waals surface area contributed by atoms with E-state index in [9.17, 15) is 14.9 Å². The molecule has 2 aliphatic rings. The summed E-state index contributed by atoms with van der Waals surface area (Å²) in [6, 6.07) is 17.3. The van der Waals surface area contributed by atoms with Crippen molar-refractivity contribution in [2.75, 3.05) is 13.8 Å². The van der Waals surface area contributed by atoms with E-state index in [1.54, 1.807) is 37.5 Å². The maximum atomic E-state index is 12.9. The number of carbonyl (C=O) groups is 1. The molecule has 33 heavy (non-hydrogen) atoms. The lowest BCUT2D eigenvalue weighted by Gasteiger charge is -2.29. The van der Waals surface area contributed by atoms with E-state index in [1.807, 2.05) is 24.3 Å². The third-order valence-corrected chi connectivity index (χ3v) is 5.65. The molecule has 2 aliphatic heterocycles. The Kier molecular flexibility index (Phi) is 5.27. The number of Topliss-reactive ketones (excluding diaryl/α,β-unsaturated/α-hetero) is 1. The van der Waals surface area contributed by atoms with Gasteiger partial charge in [0.25, 0.3) is 5.69 Å². The topological polar surface area (TPSA) is 91.1 Å². The molecule has 0 amide bonds. The summed E-state index contributed by atoms with van der Waals surface area (Å²) >= 11 is 0. The Balaban J connectivity index is 1.37. The molecule has 0 saturated heterocycles. The number of non-ortho nitro benzene ring substituents is 1. The monoisotopic (exact) mass is 444 g/mol. The molecule has 5 rings (SSSR count). The second-order valence-corrected chi connectivity index (χ2v) is 7.82. The van der Waals surface area contributed by atoms with Crippen molar-refractivity contribution in [2.24, 2.45) is 0 Å². The quantitative estimate of drug-likeness (QED) is 0.323. The number of methoxy groups -OCH3 is 1. The molecule has 0 bridgehead atoms. The zero-order chi connectivity index (χ0) is 22.9. The smallest absolute Gasteiger partial charge is 0.269 e. The van der Waals surface area contributed by atoms with Crippen molar-refractivity contribution in [3.63, 3.8) is 0 Å². The van der Waals surface area contributed by atoms with Gasteiger partial charge in [0.15, 0.2) is 5.76 Å². The second kappa shape index (κ2) is 8.40. The fourth-order valence-corrected chi connectivity index (χ4v) is 3.94. The van der Waals surface area contributed by atoms with Crippen LogP contribution in [0.4, 0.5) is 5.69 Å². The van der Waals surface area contributed by atoms with Crippen LogP contribution in [0.2, 0.25) is 0 Å². The Morgan fingerprint density at radius 3 is 2.55 bits per heavy atom. The minimum Gasteiger partial charge on any atom is -0.497 e. The van der Waals surface area contributed by atoms with Crippen molar-refractivity contribution in [3.8, 4) is 17.2 Å². The van der Waals surface area contributed by atoms with E-state index in [2.05, 4.69) is 4.90 Å². The lowest BCUT2D eigenvalue weighted by Crippen LogP contribution is -2.31. The summed E-state index contributed by atoms with van der Waals surface area (Å²) in [4.78, 5) is 25.4. The highest BCUT2D eigenvalue weighted by Gasteiger charge is 2.33. The minimum absolute atomic E-state index is 0.0118. The molecule has 166 valence electrons. The van der Waals surface area contributed by atoms with E-state index >= 15 is 0 Å². The normalized spacial score (nSPS) is 16.0. The van der Waals surface area contributed by atoms with Gasteiger partial charge < -0.3 is 14.2 Å². The molecule has 0 atom stereocenters. The van der Waals surface area contributed by atoms with Gasteiger partial charge in [0.05, 0.1) is 23.2 Å². The predicted molar refractivity (Wildman–Crippen MR) is 120 cm³/mol. The number of nitro groups is 1. The van der Waals surface area contributed by atoms with Gasteiger partial charge in [-0.3, -0.25) is 19.8 Å². The van der Waals surface area contributed by atoms with E-state index in [4.69, 9.17) is 14.2 Å². The van der Waals surface area contributed by atoms with Crippen LogP contribution >= 0.6 is 0 Å². The summed E-state index contributed by atoms with van der Waals surface area (Å²) in [5.41, 5.74) is 3.06. The summed E-state index contributed by atoms with van der Waals surface area (Å²) in [7, 11) is 1.64. The molecule has 8 heteroatoms. The zero-order valence-electron chi connectivity index (χ0n) is 17.8. The Labute approximate surface area is 189 Å². The molecule has 0 radical (unpaired) electrons. The fourth-order valence-electron chi connectivity index (χ4n) is 3.94. The molecule has 0 saturated carbocycles. The van der Waals surface area contributed by atoms with Crippen LogP contribution in [-0.2, 0) is 13.1 Å². The summed E-state index contributed by atoms with van der Waals surface area (Å²) in [5.74, 6) is 1.96. The first-order valence-corrected chi connectivity index (χ1v) is 10.3. The first-order valence-electron chi connectivity index (χ1n) is 10.3. The van der Waals surface area contributed by atoms with Crippen LogP contribution < -0.4 is 14.2 Å². The number of carbonyl (C=O) groups excluding carboxylic acids is 1. The Hall–Kier alpha value is -4.17. The number of hydrogen-bond donors (Lipinski definition) is 0. The van der Waals surface area contributed by atoms with Gasteiger partial charge in [-0.1, -0.05) is 12.1 Å². The lowest BCUT2D eigenvalue weighted by molar-refractivity contribution is -0.384. The number of nitrogens with zero attached hydrogens (tertiary/aromatic N) is 2. The number of benzene rings is 3. The molecular formula is C25H20N2O6. The SMILES string of the molecule is COc1ccc(CN2COc3ccc4c(c3C2)O/C(=C\c2ccc([N+](=O)[O-])cc2)C4=O)cc1. The lowest BCUT2D eigenvalue weighted by atomic mass is 10.0. The molecule has 3 aromatic carbocycles. The van der Waals surface area contributed by atoms with Gasteiger partial charge in [-0.25, -0.2) is 0 Å². The van der Waals surface area contributed by atoms with Crippen LogP contribution in [0.15, 0.2) is 66.4 Å².